The molecule has 6 heteroatoms. The molecule has 1 unspecified atom stereocenters. The number of nitrogens with zero attached hydrogens (tertiary/aromatic N) is 4. The minimum atomic E-state index is 0.290. The number of rotatable bonds is 5. The molecule has 18 heavy (non-hydrogen) atoms. The van der Waals surface area contributed by atoms with Crippen LogP contribution in [0.2, 0.25) is 5.02 Å². The van der Waals surface area contributed by atoms with Gasteiger partial charge in [-0.2, -0.15) is 4.80 Å². The highest BCUT2D eigenvalue weighted by Crippen LogP contribution is 2.21. The SMILES string of the molecule is CNCC(Cc1nnn(C)n1)c1cccc(Cl)c1. The molecule has 0 aliphatic rings. The van der Waals surface area contributed by atoms with Crippen molar-refractivity contribution in [1.82, 2.24) is 25.5 Å². The number of benzene rings is 1. The summed E-state index contributed by atoms with van der Waals surface area (Å²) < 4.78 is 0. The third-order valence-corrected chi connectivity index (χ3v) is 2.98. The van der Waals surface area contributed by atoms with Crippen LogP contribution in [-0.4, -0.2) is 33.8 Å². The molecular formula is C12H16ClN5. The van der Waals surface area contributed by atoms with Crippen molar-refractivity contribution >= 4 is 11.6 Å². The van der Waals surface area contributed by atoms with E-state index in [-0.39, 0.29) is 5.92 Å². The maximum absolute atomic E-state index is 6.03. The van der Waals surface area contributed by atoms with Crippen LogP contribution in [0.3, 0.4) is 0 Å². The van der Waals surface area contributed by atoms with Crippen LogP contribution >= 0.6 is 11.6 Å². The number of aryl methyl sites for hydroxylation is 1. The molecule has 0 fully saturated rings. The lowest BCUT2D eigenvalue weighted by Gasteiger charge is -2.15. The van der Waals surface area contributed by atoms with Crippen molar-refractivity contribution in [2.75, 3.05) is 13.6 Å². The Kier molecular flexibility index (Phi) is 4.28. The van der Waals surface area contributed by atoms with Crippen molar-refractivity contribution in [1.29, 1.82) is 0 Å². The first-order chi connectivity index (χ1) is 8.69. The fraction of sp³-hybridized carbons (Fsp3) is 0.417. The van der Waals surface area contributed by atoms with Gasteiger partial charge in [-0.3, -0.25) is 0 Å². The molecule has 0 spiro atoms. The number of aromatic nitrogens is 4. The minimum absolute atomic E-state index is 0.290. The monoisotopic (exact) mass is 265 g/mol. The molecule has 2 rings (SSSR count). The average Bonchev–Trinajstić information content (AvgIpc) is 2.74. The standard InChI is InChI=1S/C12H16ClN5/c1-14-8-10(7-12-15-17-18(2)16-12)9-4-3-5-11(13)6-9/h3-6,10,14H,7-8H2,1-2H3. The summed E-state index contributed by atoms with van der Waals surface area (Å²) in [6.07, 6.45) is 0.745. The van der Waals surface area contributed by atoms with E-state index in [0.717, 1.165) is 23.8 Å². The van der Waals surface area contributed by atoms with Crippen molar-refractivity contribution in [3.05, 3.63) is 40.7 Å². The molecule has 1 aromatic heterocycles. The van der Waals surface area contributed by atoms with Crippen molar-refractivity contribution in [2.45, 2.75) is 12.3 Å². The van der Waals surface area contributed by atoms with Gasteiger partial charge in [0.25, 0.3) is 0 Å². The smallest absolute Gasteiger partial charge is 0.175 e. The second kappa shape index (κ2) is 5.93. The number of halogens is 1. The molecule has 0 amide bonds. The second-order valence-electron chi connectivity index (χ2n) is 4.21. The average molecular weight is 266 g/mol. The Hall–Kier alpha value is -1.46. The van der Waals surface area contributed by atoms with E-state index in [1.54, 1.807) is 7.05 Å². The largest absolute Gasteiger partial charge is 0.319 e. The number of hydrogen-bond acceptors (Lipinski definition) is 4. The lowest BCUT2D eigenvalue weighted by atomic mass is 9.95. The summed E-state index contributed by atoms with van der Waals surface area (Å²) in [5.41, 5.74) is 1.18. The van der Waals surface area contributed by atoms with Gasteiger partial charge in [0.1, 0.15) is 0 Å². The van der Waals surface area contributed by atoms with Crippen LogP contribution in [0.5, 0.6) is 0 Å². The van der Waals surface area contributed by atoms with E-state index >= 15 is 0 Å². The van der Waals surface area contributed by atoms with E-state index in [0.29, 0.717) is 0 Å². The molecule has 96 valence electrons. The summed E-state index contributed by atoms with van der Waals surface area (Å²) >= 11 is 6.03. The van der Waals surface area contributed by atoms with Gasteiger partial charge >= 0.3 is 0 Å². The molecule has 1 heterocycles. The zero-order chi connectivity index (χ0) is 13.0. The highest BCUT2D eigenvalue weighted by atomic mass is 35.5. The van der Waals surface area contributed by atoms with Gasteiger partial charge < -0.3 is 5.32 Å². The van der Waals surface area contributed by atoms with E-state index in [9.17, 15) is 0 Å². The predicted octanol–water partition coefficient (Wildman–Crippen LogP) is 1.41. The van der Waals surface area contributed by atoms with Gasteiger partial charge in [0, 0.05) is 23.9 Å². The Balaban J connectivity index is 2.17. The van der Waals surface area contributed by atoms with Gasteiger partial charge in [-0.25, -0.2) is 0 Å². The van der Waals surface area contributed by atoms with Crippen molar-refractivity contribution in [3.63, 3.8) is 0 Å². The molecule has 0 radical (unpaired) electrons. The first-order valence-corrected chi connectivity index (χ1v) is 6.20. The molecule has 1 aromatic carbocycles. The summed E-state index contributed by atoms with van der Waals surface area (Å²) in [7, 11) is 3.70. The zero-order valence-corrected chi connectivity index (χ0v) is 11.2. The maximum Gasteiger partial charge on any atom is 0.175 e. The summed E-state index contributed by atoms with van der Waals surface area (Å²) in [5.74, 6) is 1.04. The van der Waals surface area contributed by atoms with Crippen LogP contribution in [0, 0.1) is 0 Å². The van der Waals surface area contributed by atoms with Crippen LogP contribution in [0.25, 0.3) is 0 Å². The van der Waals surface area contributed by atoms with Crippen molar-refractivity contribution < 1.29 is 0 Å². The molecule has 0 aliphatic heterocycles. The van der Waals surface area contributed by atoms with Crippen LogP contribution in [-0.2, 0) is 13.5 Å². The van der Waals surface area contributed by atoms with Crippen molar-refractivity contribution in [2.24, 2.45) is 7.05 Å². The van der Waals surface area contributed by atoms with Crippen LogP contribution in [0.15, 0.2) is 24.3 Å². The van der Waals surface area contributed by atoms with E-state index in [1.165, 1.54) is 10.4 Å². The predicted molar refractivity (Wildman–Crippen MR) is 70.6 cm³/mol. The first kappa shape index (κ1) is 13.0. The van der Waals surface area contributed by atoms with Crippen LogP contribution < -0.4 is 5.32 Å². The Morgan fingerprint density at radius 1 is 1.44 bits per heavy atom. The van der Waals surface area contributed by atoms with Gasteiger partial charge in [0.05, 0.1) is 7.05 Å². The van der Waals surface area contributed by atoms with E-state index < -0.39 is 0 Å². The molecule has 0 bridgehead atoms. The summed E-state index contributed by atoms with van der Waals surface area (Å²) in [6, 6.07) is 7.90. The minimum Gasteiger partial charge on any atom is -0.319 e. The number of likely N-dealkylation sites (N-methyl/N-ethyl adjacent to an activating group) is 1. The zero-order valence-electron chi connectivity index (χ0n) is 10.5. The molecule has 0 saturated carbocycles. The summed E-state index contributed by atoms with van der Waals surface area (Å²) in [4.78, 5) is 1.48. The quantitative estimate of drug-likeness (QED) is 0.888. The lowest BCUT2D eigenvalue weighted by Crippen LogP contribution is -2.19. The maximum atomic E-state index is 6.03. The molecule has 2 aromatic rings. The van der Waals surface area contributed by atoms with Gasteiger partial charge in [0.2, 0.25) is 0 Å². The van der Waals surface area contributed by atoms with Gasteiger partial charge in [0.15, 0.2) is 5.82 Å². The summed E-state index contributed by atoms with van der Waals surface area (Å²) in [5, 5.41) is 16.0. The molecule has 0 aliphatic carbocycles. The highest BCUT2D eigenvalue weighted by molar-refractivity contribution is 6.30. The van der Waals surface area contributed by atoms with Crippen LogP contribution in [0.4, 0.5) is 0 Å². The number of nitrogens with one attached hydrogen (secondary N) is 1. The topological polar surface area (TPSA) is 55.6 Å². The molecule has 1 N–H and O–H groups in total. The number of tetrazole rings is 1. The fourth-order valence-corrected chi connectivity index (χ4v) is 2.14. The normalized spacial score (nSPS) is 12.6. The summed E-state index contributed by atoms with van der Waals surface area (Å²) in [6.45, 7) is 0.846. The van der Waals surface area contributed by atoms with Crippen molar-refractivity contribution in [3.8, 4) is 0 Å². The third-order valence-electron chi connectivity index (χ3n) is 2.75. The third kappa shape index (κ3) is 3.27. The second-order valence-corrected chi connectivity index (χ2v) is 4.65. The van der Waals surface area contributed by atoms with E-state index in [2.05, 4.69) is 26.8 Å². The molecule has 5 nitrogen and oxygen atoms in total. The highest BCUT2D eigenvalue weighted by Gasteiger charge is 2.15. The first-order valence-electron chi connectivity index (χ1n) is 5.82. The lowest BCUT2D eigenvalue weighted by molar-refractivity contribution is 0.599. The van der Waals surface area contributed by atoms with E-state index in [1.807, 2.05) is 25.2 Å². The van der Waals surface area contributed by atoms with Crippen LogP contribution in [0.1, 0.15) is 17.3 Å². The Bertz CT molecular complexity index is 511. The molecule has 0 saturated heterocycles. The van der Waals surface area contributed by atoms with E-state index in [4.69, 9.17) is 11.6 Å². The Labute approximate surface area is 111 Å². The Morgan fingerprint density at radius 2 is 2.28 bits per heavy atom. The molecule has 1 atom stereocenters. The Morgan fingerprint density at radius 3 is 2.89 bits per heavy atom. The number of hydrogen-bond donors (Lipinski definition) is 1. The molecular weight excluding hydrogens is 250 g/mol. The fourth-order valence-electron chi connectivity index (χ4n) is 1.94. The van der Waals surface area contributed by atoms with Gasteiger partial charge in [-0.15, -0.1) is 10.2 Å². The van der Waals surface area contributed by atoms with Gasteiger partial charge in [-0.1, -0.05) is 23.7 Å². The van der Waals surface area contributed by atoms with Gasteiger partial charge in [-0.05, 0) is 30.0 Å².